The number of hydrogen-bond donors (Lipinski definition) is 2. The molecule has 0 aromatic carbocycles. The molecule has 3 heteroatoms. The quantitative estimate of drug-likeness (QED) is 0.771. The molecule has 0 bridgehead atoms. The van der Waals surface area contributed by atoms with E-state index in [1.165, 1.54) is 25.7 Å². The second-order valence-electron chi connectivity index (χ2n) is 4.08. The number of nitrogens with one attached hydrogen (secondary N) is 1. The largest absolute Gasteiger partial charge is 0.384 e. The minimum Gasteiger partial charge on any atom is -0.384 e. The van der Waals surface area contributed by atoms with Gasteiger partial charge >= 0.3 is 0 Å². The molecule has 1 aromatic rings. The first-order valence-corrected chi connectivity index (χ1v) is 5.24. The first kappa shape index (κ1) is 9.31. The van der Waals surface area contributed by atoms with Gasteiger partial charge < -0.3 is 11.1 Å². The molecule has 1 saturated carbocycles. The van der Waals surface area contributed by atoms with Crippen molar-refractivity contribution in [2.24, 2.45) is 0 Å². The molecule has 1 aromatic heterocycles. The SMILES string of the molecule is CCC1(Nc2ccc(N)nc2)CCC1. The average molecular weight is 191 g/mol. The van der Waals surface area contributed by atoms with Gasteiger partial charge in [0.25, 0.3) is 0 Å². The average Bonchev–Trinajstić information content (AvgIpc) is 2.15. The molecule has 0 saturated heterocycles. The molecule has 3 N–H and O–H groups in total. The highest BCUT2D eigenvalue weighted by atomic mass is 15.0. The Morgan fingerprint density at radius 2 is 2.29 bits per heavy atom. The molecule has 1 aliphatic rings. The van der Waals surface area contributed by atoms with Crippen molar-refractivity contribution in [3.63, 3.8) is 0 Å². The van der Waals surface area contributed by atoms with Gasteiger partial charge in [-0.05, 0) is 37.8 Å². The lowest BCUT2D eigenvalue weighted by Crippen LogP contribution is -2.44. The predicted octanol–water partition coefficient (Wildman–Crippen LogP) is 2.41. The highest BCUT2D eigenvalue weighted by molar-refractivity contribution is 5.47. The summed E-state index contributed by atoms with van der Waals surface area (Å²) in [5.41, 5.74) is 6.95. The molecule has 14 heavy (non-hydrogen) atoms. The van der Waals surface area contributed by atoms with Gasteiger partial charge in [-0.1, -0.05) is 6.92 Å². The second kappa shape index (κ2) is 3.48. The van der Waals surface area contributed by atoms with Crippen molar-refractivity contribution in [1.29, 1.82) is 0 Å². The van der Waals surface area contributed by atoms with Gasteiger partial charge in [0, 0.05) is 5.54 Å². The van der Waals surface area contributed by atoms with Crippen LogP contribution < -0.4 is 11.1 Å². The second-order valence-corrected chi connectivity index (χ2v) is 4.08. The molecule has 0 aliphatic heterocycles. The topological polar surface area (TPSA) is 50.9 Å². The molecule has 1 fully saturated rings. The van der Waals surface area contributed by atoms with Crippen LogP contribution in [0.3, 0.4) is 0 Å². The van der Waals surface area contributed by atoms with Crippen LogP contribution in [0.25, 0.3) is 0 Å². The Kier molecular flexibility index (Phi) is 2.32. The Bertz CT molecular complexity index is 295. The van der Waals surface area contributed by atoms with Crippen LogP contribution in [0.2, 0.25) is 0 Å². The number of hydrogen-bond acceptors (Lipinski definition) is 3. The lowest BCUT2D eigenvalue weighted by atomic mass is 9.75. The van der Waals surface area contributed by atoms with Crippen LogP contribution in [0.4, 0.5) is 11.5 Å². The molecule has 0 unspecified atom stereocenters. The van der Waals surface area contributed by atoms with E-state index < -0.39 is 0 Å². The van der Waals surface area contributed by atoms with E-state index in [2.05, 4.69) is 17.2 Å². The summed E-state index contributed by atoms with van der Waals surface area (Å²) in [6.07, 6.45) is 6.87. The molecule has 0 amide bonds. The summed E-state index contributed by atoms with van der Waals surface area (Å²) in [5.74, 6) is 0.578. The highest BCUT2D eigenvalue weighted by Crippen LogP contribution is 2.37. The summed E-state index contributed by atoms with van der Waals surface area (Å²) in [6.45, 7) is 2.23. The molecule has 2 rings (SSSR count). The van der Waals surface area contributed by atoms with Gasteiger partial charge in [0.15, 0.2) is 0 Å². The number of aromatic nitrogens is 1. The van der Waals surface area contributed by atoms with Crippen LogP contribution >= 0.6 is 0 Å². The van der Waals surface area contributed by atoms with Gasteiger partial charge in [0.1, 0.15) is 5.82 Å². The molecular formula is C11H17N3. The number of pyridine rings is 1. The molecule has 1 aliphatic carbocycles. The Labute approximate surface area is 84.7 Å². The van der Waals surface area contributed by atoms with Crippen LogP contribution in [0.5, 0.6) is 0 Å². The first-order valence-electron chi connectivity index (χ1n) is 5.24. The van der Waals surface area contributed by atoms with Crippen LogP contribution in [0.1, 0.15) is 32.6 Å². The van der Waals surface area contributed by atoms with E-state index in [1.807, 2.05) is 18.3 Å². The van der Waals surface area contributed by atoms with Crippen molar-refractivity contribution in [2.45, 2.75) is 38.1 Å². The van der Waals surface area contributed by atoms with Gasteiger partial charge in [-0.3, -0.25) is 0 Å². The monoisotopic (exact) mass is 191 g/mol. The van der Waals surface area contributed by atoms with Gasteiger partial charge in [-0.15, -0.1) is 0 Å². The first-order chi connectivity index (χ1) is 6.74. The summed E-state index contributed by atoms with van der Waals surface area (Å²) in [5, 5.41) is 3.55. The zero-order valence-electron chi connectivity index (χ0n) is 8.59. The summed E-state index contributed by atoms with van der Waals surface area (Å²) >= 11 is 0. The molecule has 0 atom stereocenters. The van der Waals surface area contributed by atoms with Crippen molar-refractivity contribution < 1.29 is 0 Å². The molecule has 3 nitrogen and oxygen atoms in total. The van der Waals surface area contributed by atoms with Crippen molar-refractivity contribution in [3.05, 3.63) is 18.3 Å². The van der Waals surface area contributed by atoms with Gasteiger partial charge in [0.05, 0.1) is 11.9 Å². The Morgan fingerprint density at radius 1 is 1.50 bits per heavy atom. The minimum atomic E-state index is 0.331. The number of rotatable bonds is 3. The third kappa shape index (κ3) is 1.67. The Hall–Kier alpha value is -1.25. The smallest absolute Gasteiger partial charge is 0.123 e. The standard InChI is InChI=1S/C11H17N3/c1-2-11(6-3-7-11)14-9-4-5-10(12)13-8-9/h4-5,8,14H,2-3,6-7H2,1H3,(H2,12,13). The third-order valence-electron chi connectivity index (χ3n) is 3.18. The van der Waals surface area contributed by atoms with Crippen LogP contribution in [0, 0.1) is 0 Å². The van der Waals surface area contributed by atoms with Crippen LogP contribution in [-0.4, -0.2) is 10.5 Å². The summed E-state index contributed by atoms with van der Waals surface area (Å²) in [7, 11) is 0. The van der Waals surface area contributed by atoms with Crippen molar-refractivity contribution in [2.75, 3.05) is 11.1 Å². The maximum atomic E-state index is 5.53. The molecular weight excluding hydrogens is 174 g/mol. The van der Waals surface area contributed by atoms with E-state index in [4.69, 9.17) is 5.73 Å². The molecule has 76 valence electrons. The van der Waals surface area contributed by atoms with Crippen molar-refractivity contribution >= 4 is 11.5 Å². The maximum absolute atomic E-state index is 5.53. The van der Waals surface area contributed by atoms with E-state index in [0.717, 1.165) is 5.69 Å². The van der Waals surface area contributed by atoms with E-state index in [0.29, 0.717) is 11.4 Å². The lowest BCUT2D eigenvalue weighted by molar-refractivity contribution is 0.269. The van der Waals surface area contributed by atoms with E-state index in [1.54, 1.807) is 0 Å². The Morgan fingerprint density at radius 3 is 2.71 bits per heavy atom. The van der Waals surface area contributed by atoms with Crippen molar-refractivity contribution in [1.82, 2.24) is 4.98 Å². The van der Waals surface area contributed by atoms with E-state index in [9.17, 15) is 0 Å². The third-order valence-corrected chi connectivity index (χ3v) is 3.18. The van der Waals surface area contributed by atoms with E-state index >= 15 is 0 Å². The maximum Gasteiger partial charge on any atom is 0.123 e. The number of nitrogen functional groups attached to an aromatic ring is 1. The summed E-state index contributed by atoms with van der Waals surface area (Å²) in [4.78, 5) is 4.07. The fourth-order valence-electron chi connectivity index (χ4n) is 1.96. The zero-order valence-corrected chi connectivity index (χ0v) is 8.59. The van der Waals surface area contributed by atoms with E-state index in [-0.39, 0.29) is 0 Å². The lowest BCUT2D eigenvalue weighted by Gasteiger charge is -2.42. The number of anilines is 2. The van der Waals surface area contributed by atoms with Gasteiger partial charge in [-0.2, -0.15) is 0 Å². The van der Waals surface area contributed by atoms with Crippen molar-refractivity contribution in [3.8, 4) is 0 Å². The number of nitrogens with zero attached hydrogens (tertiary/aromatic N) is 1. The summed E-state index contributed by atoms with van der Waals surface area (Å²) < 4.78 is 0. The Balaban J connectivity index is 2.06. The summed E-state index contributed by atoms with van der Waals surface area (Å²) in [6, 6.07) is 3.84. The molecule has 0 spiro atoms. The predicted molar refractivity (Wildman–Crippen MR) is 59.1 cm³/mol. The molecule has 1 heterocycles. The van der Waals surface area contributed by atoms with Gasteiger partial charge in [0.2, 0.25) is 0 Å². The number of nitrogens with two attached hydrogens (primary N) is 1. The molecule has 0 radical (unpaired) electrons. The van der Waals surface area contributed by atoms with Crippen LogP contribution in [0.15, 0.2) is 18.3 Å². The minimum absolute atomic E-state index is 0.331. The fraction of sp³-hybridized carbons (Fsp3) is 0.545. The highest BCUT2D eigenvalue weighted by Gasteiger charge is 2.34. The van der Waals surface area contributed by atoms with Gasteiger partial charge in [-0.25, -0.2) is 4.98 Å². The zero-order chi connectivity index (χ0) is 10.0. The fourth-order valence-corrected chi connectivity index (χ4v) is 1.96. The normalized spacial score (nSPS) is 18.6. The van der Waals surface area contributed by atoms with Crippen LogP contribution in [-0.2, 0) is 0 Å².